The lowest BCUT2D eigenvalue weighted by Gasteiger charge is -2.58. The summed E-state index contributed by atoms with van der Waals surface area (Å²) in [7, 11) is 0. The van der Waals surface area contributed by atoms with Crippen LogP contribution in [-0.4, -0.2) is 101 Å². The van der Waals surface area contributed by atoms with Gasteiger partial charge in [-0.15, -0.1) is 0 Å². The Bertz CT molecular complexity index is 1210. The van der Waals surface area contributed by atoms with Crippen molar-refractivity contribution >= 4 is 5.91 Å². The average Bonchev–Trinajstić information content (AvgIpc) is 3.50. The molecule has 6 fully saturated rings. The van der Waals surface area contributed by atoms with Gasteiger partial charge in [0.15, 0.2) is 12.1 Å². The zero-order valence-corrected chi connectivity index (χ0v) is 28.6. The van der Waals surface area contributed by atoms with Gasteiger partial charge in [0, 0.05) is 12.3 Å². The van der Waals surface area contributed by atoms with E-state index in [-0.39, 0.29) is 23.0 Å². The molecule has 11 nitrogen and oxygen atoms in total. The smallest absolute Gasteiger partial charge is 0.239 e. The third-order valence-electron chi connectivity index (χ3n) is 14.4. The van der Waals surface area contributed by atoms with Gasteiger partial charge in [-0.3, -0.25) is 4.79 Å². The van der Waals surface area contributed by atoms with Crippen LogP contribution in [0.25, 0.3) is 0 Å². The lowest BCUT2D eigenvalue weighted by molar-refractivity contribution is -0.284. The number of nitrogens with one attached hydrogen (secondary N) is 1. The number of allylic oxidation sites excluding steroid dienone is 1. The van der Waals surface area contributed by atoms with Crippen molar-refractivity contribution in [1.82, 2.24) is 5.32 Å². The number of carbonyl (C=O) groups is 1. The molecule has 3 aliphatic heterocycles. The summed E-state index contributed by atoms with van der Waals surface area (Å²) in [6.45, 7) is 9.41. The predicted octanol–water partition coefficient (Wildman–Crippen LogP) is 1.98. The first-order valence-corrected chi connectivity index (χ1v) is 18.3. The summed E-state index contributed by atoms with van der Waals surface area (Å²) >= 11 is 0. The Hall–Kier alpha value is -1.15. The molecule has 0 radical (unpaired) electrons. The van der Waals surface area contributed by atoms with Gasteiger partial charge in [-0.2, -0.15) is 0 Å². The van der Waals surface area contributed by atoms with Crippen LogP contribution in [-0.2, 0) is 23.7 Å². The van der Waals surface area contributed by atoms with E-state index < -0.39 is 61.6 Å². The minimum absolute atomic E-state index is 0.0798. The van der Waals surface area contributed by atoms with E-state index in [0.717, 1.165) is 45.1 Å². The lowest BCUT2D eigenvalue weighted by Crippen LogP contribution is -2.66. The van der Waals surface area contributed by atoms with Gasteiger partial charge < -0.3 is 50.4 Å². The van der Waals surface area contributed by atoms with E-state index >= 15 is 0 Å². The summed E-state index contributed by atoms with van der Waals surface area (Å²) in [6, 6.07) is -2.30. The molecule has 1 spiro atoms. The van der Waals surface area contributed by atoms with Crippen LogP contribution in [0.1, 0.15) is 85.5 Å². The fourth-order valence-corrected chi connectivity index (χ4v) is 11.7. The van der Waals surface area contributed by atoms with E-state index in [2.05, 4.69) is 39.1 Å². The number of ether oxygens (including phenoxy) is 4. The van der Waals surface area contributed by atoms with E-state index in [4.69, 9.17) is 24.7 Å². The van der Waals surface area contributed by atoms with Gasteiger partial charge in [-0.05, 0) is 91.8 Å². The molecule has 0 unspecified atom stereocenters. The number of hydrogen-bond acceptors (Lipinski definition) is 10. The van der Waals surface area contributed by atoms with Crippen LogP contribution >= 0.6 is 0 Å². The maximum atomic E-state index is 12.5. The van der Waals surface area contributed by atoms with E-state index in [1.165, 1.54) is 24.8 Å². The summed E-state index contributed by atoms with van der Waals surface area (Å²) in [4.78, 5) is 12.5. The zero-order chi connectivity index (χ0) is 33.5. The van der Waals surface area contributed by atoms with Crippen molar-refractivity contribution in [2.75, 3.05) is 19.8 Å². The fourth-order valence-electron chi connectivity index (χ4n) is 11.7. The molecule has 266 valence electrons. The second-order valence-electron chi connectivity index (χ2n) is 16.8. The van der Waals surface area contributed by atoms with Gasteiger partial charge in [-0.25, -0.2) is 0 Å². The number of rotatable bonds is 6. The van der Waals surface area contributed by atoms with Crippen molar-refractivity contribution in [3.8, 4) is 0 Å². The van der Waals surface area contributed by atoms with Gasteiger partial charge in [0.1, 0.15) is 30.4 Å². The highest BCUT2D eigenvalue weighted by atomic mass is 16.7. The Morgan fingerprint density at radius 1 is 1.11 bits per heavy atom. The van der Waals surface area contributed by atoms with Crippen LogP contribution in [0.4, 0.5) is 0 Å². The molecule has 47 heavy (non-hydrogen) atoms. The normalized spacial score (nSPS) is 53.0. The van der Waals surface area contributed by atoms with Crippen molar-refractivity contribution < 1.29 is 44.2 Å². The molecule has 0 aromatic carbocycles. The van der Waals surface area contributed by atoms with Gasteiger partial charge >= 0.3 is 0 Å². The molecular formula is C36H58N2O9. The monoisotopic (exact) mass is 662 g/mol. The molecule has 0 bridgehead atoms. The van der Waals surface area contributed by atoms with Crippen molar-refractivity contribution in [3.63, 3.8) is 0 Å². The number of aliphatic hydroxyl groups is 4. The maximum absolute atomic E-state index is 12.5. The molecular weight excluding hydrogens is 604 g/mol. The van der Waals surface area contributed by atoms with Crippen LogP contribution < -0.4 is 11.1 Å². The largest absolute Gasteiger partial charge is 0.394 e. The van der Waals surface area contributed by atoms with E-state index in [9.17, 15) is 25.2 Å². The number of fused-ring (bicyclic) bond motifs is 7. The summed E-state index contributed by atoms with van der Waals surface area (Å²) in [6.07, 6.45) is 6.82. The second-order valence-corrected chi connectivity index (χ2v) is 16.8. The first-order chi connectivity index (χ1) is 22.3. The SMILES string of the molecule is C[C@@H]1CC[C@@]2(OC1)O[C@H]1C[C@H]3[C@@H]4CC=C5C[C@@H](O[C@@H]6O[C@H](CO)[C@@H](O)[C@H](O)[C@H]6NC(=O)[C@@H](N)CO)CC[C@]5(C)[C@H]4CC[C@]3(C)[C@H]1[C@@H]2C. The van der Waals surface area contributed by atoms with Crippen LogP contribution in [0, 0.1) is 46.3 Å². The lowest BCUT2D eigenvalue weighted by atomic mass is 9.47. The van der Waals surface area contributed by atoms with Gasteiger partial charge in [0.25, 0.3) is 0 Å². The molecule has 0 aromatic rings. The molecule has 1 amide bonds. The average molecular weight is 663 g/mol. The molecule has 3 heterocycles. The van der Waals surface area contributed by atoms with Crippen molar-refractivity contribution in [3.05, 3.63) is 11.6 Å². The standard InChI is InChI=1S/C36H58N2O9/c1-18-7-12-36(44-17-18)19(2)28-26(47-36)14-24-22-6-5-20-13-21(8-10-34(20,3)23(22)9-11-35(24,28)4)45-33-29(38-32(43)25(37)15-39)31(42)30(41)27(16-40)46-33/h5,18-19,21-31,33,39-42H,6-17,37H2,1-4H3,(H,38,43)/t18-,19+,21+,22-,23+,24+,25+,26+,27-,28+,29-,30-,31-,33-,34+,35+,36-/m1/s1. The highest BCUT2D eigenvalue weighted by molar-refractivity contribution is 5.82. The molecule has 0 aromatic heterocycles. The predicted molar refractivity (Wildman–Crippen MR) is 171 cm³/mol. The number of hydrogen-bond donors (Lipinski definition) is 6. The summed E-state index contributed by atoms with van der Waals surface area (Å²) in [5, 5.41) is 43.2. The minimum atomic E-state index is -1.44. The summed E-state index contributed by atoms with van der Waals surface area (Å²) in [5.74, 6) is 2.34. The summed E-state index contributed by atoms with van der Waals surface area (Å²) < 4.78 is 25.8. The number of aliphatic hydroxyl groups excluding tert-OH is 4. The molecule has 11 heteroatoms. The van der Waals surface area contributed by atoms with Crippen molar-refractivity contribution in [2.24, 2.45) is 52.1 Å². The van der Waals surface area contributed by atoms with Crippen molar-refractivity contribution in [1.29, 1.82) is 0 Å². The second kappa shape index (κ2) is 12.6. The Kier molecular flexibility index (Phi) is 9.17. The quantitative estimate of drug-likeness (QED) is 0.231. The van der Waals surface area contributed by atoms with Crippen LogP contribution in [0.15, 0.2) is 11.6 Å². The first kappa shape index (κ1) is 34.3. The van der Waals surface area contributed by atoms with E-state index in [1.54, 1.807) is 0 Å². The Balaban J connectivity index is 1.05. The maximum Gasteiger partial charge on any atom is 0.239 e. The van der Waals surface area contributed by atoms with Crippen LogP contribution in [0.5, 0.6) is 0 Å². The molecule has 7 rings (SSSR count). The molecule has 7 N–H and O–H groups in total. The number of carbonyl (C=O) groups excluding carboxylic acids is 1. The highest BCUT2D eigenvalue weighted by Crippen LogP contribution is 2.70. The molecule has 17 atom stereocenters. The van der Waals surface area contributed by atoms with E-state index in [0.29, 0.717) is 35.5 Å². The third kappa shape index (κ3) is 5.46. The van der Waals surface area contributed by atoms with Crippen LogP contribution in [0.2, 0.25) is 0 Å². The van der Waals surface area contributed by atoms with E-state index in [1.807, 2.05) is 0 Å². The van der Waals surface area contributed by atoms with Gasteiger partial charge in [0.2, 0.25) is 5.91 Å². The fraction of sp³-hybridized carbons (Fsp3) is 0.917. The van der Waals surface area contributed by atoms with Crippen molar-refractivity contribution in [2.45, 2.75) is 140 Å². The summed E-state index contributed by atoms with van der Waals surface area (Å²) in [5.41, 5.74) is 7.46. The number of amides is 1. The zero-order valence-electron chi connectivity index (χ0n) is 28.6. The molecule has 3 saturated carbocycles. The topological polar surface area (TPSA) is 173 Å². The molecule has 7 aliphatic rings. The van der Waals surface area contributed by atoms with Crippen LogP contribution in [0.3, 0.4) is 0 Å². The molecule has 3 saturated heterocycles. The highest BCUT2D eigenvalue weighted by Gasteiger charge is 2.68. The first-order valence-electron chi connectivity index (χ1n) is 18.3. The molecule has 4 aliphatic carbocycles. The van der Waals surface area contributed by atoms with Gasteiger partial charge in [0.05, 0.1) is 32.0 Å². The Morgan fingerprint density at radius 3 is 2.60 bits per heavy atom. The third-order valence-corrected chi connectivity index (χ3v) is 14.4. The Morgan fingerprint density at radius 2 is 1.89 bits per heavy atom. The number of nitrogens with two attached hydrogens (primary N) is 1. The van der Waals surface area contributed by atoms with Gasteiger partial charge in [-0.1, -0.05) is 39.3 Å². The Labute approximate surface area is 278 Å². The minimum Gasteiger partial charge on any atom is -0.394 e.